The van der Waals surface area contributed by atoms with E-state index in [1.54, 1.807) is 0 Å². The van der Waals surface area contributed by atoms with Crippen molar-refractivity contribution in [3.05, 3.63) is 0 Å². The number of nitrogens with zero attached hydrogens (tertiary/aromatic N) is 1. The summed E-state index contributed by atoms with van der Waals surface area (Å²) in [5.41, 5.74) is 0. The van der Waals surface area contributed by atoms with Crippen molar-refractivity contribution < 1.29 is 9.53 Å². The molecule has 2 heterocycles. The van der Waals surface area contributed by atoms with Gasteiger partial charge in [-0.15, -0.1) is 0 Å². The van der Waals surface area contributed by atoms with Crippen LogP contribution in [0.5, 0.6) is 0 Å². The Hall–Kier alpha value is -0.610. The molecule has 0 aliphatic carbocycles. The van der Waals surface area contributed by atoms with E-state index in [1.807, 2.05) is 11.9 Å². The molecule has 2 rings (SSSR count). The minimum atomic E-state index is 0.197. The van der Waals surface area contributed by atoms with Crippen molar-refractivity contribution in [3.63, 3.8) is 0 Å². The minimum Gasteiger partial charge on any atom is -0.381 e. The predicted molar refractivity (Wildman–Crippen MR) is 71.4 cm³/mol. The molecule has 104 valence electrons. The Morgan fingerprint density at radius 3 is 2.72 bits per heavy atom. The van der Waals surface area contributed by atoms with Gasteiger partial charge in [-0.05, 0) is 38.6 Å². The van der Waals surface area contributed by atoms with Gasteiger partial charge in [-0.2, -0.15) is 0 Å². The fraction of sp³-hybridized carbons (Fsp3) is 0.929. The van der Waals surface area contributed by atoms with Crippen molar-refractivity contribution in [1.29, 1.82) is 0 Å². The molecule has 0 aromatic carbocycles. The SMILES string of the molecule is CN(CCC1CCCCN1)C(=O)C1CCOCC1. The van der Waals surface area contributed by atoms with Crippen molar-refractivity contribution >= 4 is 5.91 Å². The molecule has 1 N–H and O–H groups in total. The number of hydrogen-bond acceptors (Lipinski definition) is 3. The average Bonchev–Trinajstić information content (AvgIpc) is 2.46. The van der Waals surface area contributed by atoms with E-state index < -0.39 is 0 Å². The fourth-order valence-electron chi connectivity index (χ4n) is 2.89. The summed E-state index contributed by atoms with van der Waals surface area (Å²) in [5.74, 6) is 0.511. The molecule has 0 aromatic heterocycles. The molecule has 2 fully saturated rings. The molecule has 2 aliphatic rings. The van der Waals surface area contributed by atoms with Crippen molar-refractivity contribution in [2.24, 2.45) is 5.92 Å². The maximum atomic E-state index is 12.2. The molecular formula is C14H26N2O2. The minimum absolute atomic E-state index is 0.197. The third-order valence-electron chi connectivity index (χ3n) is 4.17. The lowest BCUT2D eigenvalue weighted by atomic mass is 9.98. The van der Waals surface area contributed by atoms with Crippen molar-refractivity contribution in [3.8, 4) is 0 Å². The fourth-order valence-corrected chi connectivity index (χ4v) is 2.89. The zero-order chi connectivity index (χ0) is 12.8. The van der Waals surface area contributed by atoms with E-state index in [2.05, 4.69) is 5.32 Å². The highest BCUT2D eigenvalue weighted by molar-refractivity contribution is 5.78. The van der Waals surface area contributed by atoms with E-state index in [9.17, 15) is 4.79 Å². The van der Waals surface area contributed by atoms with Gasteiger partial charge in [-0.3, -0.25) is 4.79 Å². The summed E-state index contributed by atoms with van der Waals surface area (Å²) >= 11 is 0. The van der Waals surface area contributed by atoms with Crippen molar-refractivity contribution in [1.82, 2.24) is 10.2 Å². The first-order chi connectivity index (χ1) is 8.77. The smallest absolute Gasteiger partial charge is 0.225 e. The average molecular weight is 254 g/mol. The summed E-state index contributed by atoms with van der Waals surface area (Å²) in [5, 5.41) is 3.53. The lowest BCUT2D eigenvalue weighted by Crippen LogP contribution is -2.40. The van der Waals surface area contributed by atoms with E-state index in [0.717, 1.165) is 45.6 Å². The highest BCUT2D eigenvalue weighted by Crippen LogP contribution is 2.18. The summed E-state index contributed by atoms with van der Waals surface area (Å²) in [4.78, 5) is 14.1. The third kappa shape index (κ3) is 3.95. The molecular weight excluding hydrogens is 228 g/mol. The Morgan fingerprint density at radius 2 is 2.06 bits per heavy atom. The number of nitrogens with one attached hydrogen (secondary N) is 1. The van der Waals surface area contributed by atoms with Crippen LogP contribution in [0.25, 0.3) is 0 Å². The zero-order valence-electron chi connectivity index (χ0n) is 11.5. The molecule has 4 heteroatoms. The Kier molecular flexibility index (Phi) is 5.45. The first-order valence-corrected chi connectivity index (χ1v) is 7.33. The van der Waals surface area contributed by atoms with Crippen LogP contribution in [0.4, 0.5) is 0 Å². The second-order valence-electron chi connectivity index (χ2n) is 5.58. The van der Waals surface area contributed by atoms with Gasteiger partial charge in [-0.1, -0.05) is 6.42 Å². The Balaban J connectivity index is 1.69. The monoisotopic (exact) mass is 254 g/mol. The summed E-state index contributed by atoms with van der Waals surface area (Å²) in [6, 6.07) is 0.615. The molecule has 0 spiro atoms. The van der Waals surface area contributed by atoms with Crippen LogP contribution in [0.1, 0.15) is 38.5 Å². The summed E-state index contributed by atoms with van der Waals surface area (Å²) in [7, 11) is 1.95. The first-order valence-electron chi connectivity index (χ1n) is 7.33. The highest BCUT2D eigenvalue weighted by atomic mass is 16.5. The number of rotatable bonds is 4. The van der Waals surface area contributed by atoms with Crippen LogP contribution in [-0.4, -0.2) is 50.2 Å². The number of piperidine rings is 1. The third-order valence-corrected chi connectivity index (χ3v) is 4.17. The highest BCUT2D eigenvalue weighted by Gasteiger charge is 2.24. The molecule has 1 unspecified atom stereocenters. The molecule has 1 atom stereocenters. The van der Waals surface area contributed by atoms with Gasteiger partial charge in [0.1, 0.15) is 0 Å². The molecule has 1 amide bonds. The Labute approximate surface area is 110 Å². The molecule has 18 heavy (non-hydrogen) atoms. The van der Waals surface area contributed by atoms with Gasteiger partial charge in [0.25, 0.3) is 0 Å². The van der Waals surface area contributed by atoms with Crippen LogP contribution < -0.4 is 5.32 Å². The van der Waals surface area contributed by atoms with Crippen LogP contribution in [0.15, 0.2) is 0 Å². The number of ether oxygens (including phenoxy) is 1. The summed E-state index contributed by atoms with van der Waals surface area (Å²) < 4.78 is 5.30. The number of carbonyl (C=O) groups excluding carboxylic acids is 1. The number of carbonyl (C=O) groups is 1. The summed E-state index contributed by atoms with van der Waals surface area (Å²) in [6.45, 7) is 3.51. The normalized spacial score (nSPS) is 25.9. The maximum Gasteiger partial charge on any atom is 0.225 e. The van der Waals surface area contributed by atoms with E-state index >= 15 is 0 Å². The lowest BCUT2D eigenvalue weighted by molar-refractivity contribution is -0.137. The van der Waals surface area contributed by atoms with E-state index in [-0.39, 0.29) is 5.92 Å². The molecule has 4 nitrogen and oxygen atoms in total. The second kappa shape index (κ2) is 7.10. The maximum absolute atomic E-state index is 12.2. The van der Waals surface area contributed by atoms with Crippen LogP contribution >= 0.6 is 0 Å². The van der Waals surface area contributed by atoms with Gasteiger partial charge in [-0.25, -0.2) is 0 Å². The second-order valence-corrected chi connectivity index (χ2v) is 5.58. The quantitative estimate of drug-likeness (QED) is 0.824. The topological polar surface area (TPSA) is 41.6 Å². The number of hydrogen-bond donors (Lipinski definition) is 1. The van der Waals surface area contributed by atoms with E-state index in [4.69, 9.17) is 4.74 Å². The van der Waals surface area contributed by atoms with Crippen molar-refractivity contribution in [2.45, 2.75) is 44.6 Å². The largest absolute Gasteiger partial charge is 0.381 e. The van der Waals surface area contributed by atoms with Gasteiger partial charge in [0, 0.05) is 38.8 Å². The van der Waals surface area contributed by atoms with Gasteiger partial charge >= 0.3 is 0 Å². The Bertz CT molecular complexity index is 259. The molecule has 2 saturated heterocycles. The van der Waals surface area contributed by atoms with Gasteiger partial charge in [0.15, 0.2) is 0 Å². The first kappa shape index (κ1) is 13.8. The zero-order valence-corrected chi connectivity index (χ0v) is 11.5. The molecule has 0 saturated carbocycles. The van der Waals surface area contributed by atoms with Crippen LogP contribution in [0.2, 0.25) is 0 Å². The molecule has 0 radical (unpaired) electrons. The van der Waals surface area contributed by atoms with E-state index in [0.29, 0.717) is 11.9 Å². The van der Waals surface area contributed by atoms with Crippen LogP contribution in [0, 0.1) is 5.92 Å². The molecule has 0 bridgehead atoms. The van der Waals surface area contributed by atoms with Gasteiger partial charge < -0.3 is 15.0 Å². The molecule has 2 aliphatic heterocycles. The predicted octanol–water partition coefficient (Wildman–Crippen LogP) is 1.40. The Morgan fingerprint density at radius 1 is 1.28 bits per heavy atom. The van der Waals surface area contributed by atoms with Crippen molar-refractivity contribution in [2.75, 3.05) is 33.4 Å². The molecule has 0 aromatic rings. The van der Waals surface area contributed by atoms with Crippen LogP contribution in [-0.2, 0) is 9.53 Å². The number of amides is 1. The summed E-state index contributed by atoms with van der Waals surface area (Å²) in [6.07, 6.45) is 6.77. The van der Waals surface area contributed by atoms with Crippen LogP contribution in [0.3, 0.4) is 0 Å². The van der Waals surface area contributed by atoms with Gasteiger partial charge in [0.2, 0.25) is 5.91 Å². The standard InChI is InChI=1S/C14H26N2O2/c1-16(9-5-13-4-2-3-8-15-13)14(17)12-6-10-18-11-7-12/h12-13,15H,2-11H2,1H3. The van der Waals surface area contributed by atoms with E-state index in [1.165, 1.54) is 19.3 Å². The lowest BCUT2D eigenvalue weighted by Gasteiger charge is -2.29. The van der Waals surface area contributed by atoms with Gasteiger partial charge in [0.05, 0.1) is 0 Å².